The van der Waals surface area contributed by atoms with E-state index in [9.17, 15) is 5.26 Å². The van der Waals surface area contributed by atoms with Crippen molar-refractivity contribution >= 4 is 5.82 Å². The predicted molar refractivity (Wildman–Crippen MR) is 107 cm³/mol. The Morgan fingerprint density at radius 3 is 2.79 bits per heavy atom. The van der Waals surface area contributed by atoms with Crippen molar-refractivity contribution in [2.24, 2.45) is 0 Å². The second-order valence-electron chi connectivity index (χ2n) is 6.84. The van der Waals surface area contributed by atoms with Crippen LogP contribution in [-0.2, 0) is 6.54 Å². The van der Waals surface area contributed by atoms with Gasteiger partial charge in [0.15, 0.2) is 0 Å². The van der Waals surface area contributed by atoms with Crippen molar-refractivity contribution in [3.8, 4) is 23.2 Å². The molecule has 0 bridgehead atoms. The van der Waals surface area contributed by atoms with Crippen LogP contribution in [0.1, 0.15) is 17.9 Å². The Morgan fingerprint density at radius 1 is 1.14 bits per heavy atom. The van der Waals surface area contributed by atoms with Crippen molar-refractivity contribution in [3.63, 3.8) is 0 Å². The third kappa shape index (κ3) is 4.36. The first kappa shape index (κ1) is 18.9. The van der Waals surface area contributed by atoms with Gasteiger partial charge in [-0.3, -0.25) is 4.90 Å². The standard InChI is InChI=1S/C21H22N6O2/c1-28-18-7-5-16(6-8-18)20-24-19(29-25-20)15-26-10-3-11-27(13-12-26)21-17(14-22)4-2-9-23-21/h2,4-9H,3,10-13,15H2,1H3. The Bertz CT molecular complexity index is 995. The summed E-state index contributed by atoms with van der Waals surface area (Å²) in [7, 11) is 1.64. The van der Waals surface area contributed by atoms with Crippen LogP contribution in [-0.4, -0.2) is 53.3 Å². The predicted octanol–water partition coefficient (Wildman–Crippen LogP) is 2.72. The van der Waals surface area contributed by atoms with Crippen LogP contribution in [0.2, 0.25) is 0 Å². The Morgan fingerprint density at radius 2 is 2.00 bits per heavy atom. The fourth-order valence-corrected chi connectivity index (χ4v) is 3.44. The Balaban J connectivity index is 1.39. The number of anilines is 1. The number of nitrogens with zero attached hydrogens (tertiary/aromatic N) is 6. The highest BCUT2D eigenvalue weighted by atomic mass is 16.5. The highest BCUT2D eigenvalue weighted by Crippen LogP contribution is 2.21. The fraction of sp³-hybridized carbons (Fsp3) is 0.333. The molecule has 1 fully saturated rings. The third-order valence-corrected chi connectivity index (χ3v) is 4.97. The van der Waals surface area contributed by atoms with E-state index in [2.05, 4.69) is 31.0 Å². The molecule has 0 amide bonds. The normalized spacial score (nSPS) is 15.0. The number of ether oxygens (including phenoxy) is 1. The van der Waals surface area contributed by atoms with Gasteiger partial charge in [-0.1, -0.05) is 5.16 Å². The van der Waals surface area contributed by atoms with Gasteiger partial charge < -0.3 is 14.2 Å². The van der Waals surface area contributed by atoms with Gasteiger partial charge in [0.2, 0.25) is 11.7 Å². The number of nitriles is 1. The van der Waals surface area contributed by atoms with Crippen molar-refractivity contribution in [3.05, 3.63) is 54.0 Å². The quantitative estimate of drug-likeness (QED) is 0.657. The molecule has 0 saturated carbocycles. The zero-order valence-corrected chi connectivity index (χ0v) is 16.3. The van der Waals surface area contributed by atoms with Gasteiger partial charge in [0.25, 0.3) is 0 Å². The van der Waals surface area contributed by atoms with Gasteiger partial charge in [-0.25, -0.2) is 4.98 Å². The van der Waals surface area contributed by atoms with Gasteiger partial charge in [-0.2, -0.15) is 10.2 Å². The molecule has 0 N–H and O–H groups in total. The van der Waals surface area contributed by atoms with Crippen LogP contribution in [0.5, 0.6) is 5.75 Å². The molecule has 1 aliphatic rings. The minimum atomic E-state index is 0.575. The van der Waals surface area contributed by atoms with Crippen LogP contribution in [0, 0.1) is 11.3 Å². The van der Waals surface area contributed by atoms with E-state index in [-0.39, 0.29) is 0 Å². The number of rotatable bonds is 5. The second kappa shape index (κ2) is 8.71. The molecule has 29 heavy (non-hydrogen) atoms. The molecule has 0 radical (unpaired) electrons. The summed E-state index contributed by atoms with van der Waals surface area (Å²) in [6.45, 7) is 4.02. The molecule has 0 atom stereocenters. The van der Waals surface area contributed by atoms with E-state index in [4.69, 9.17) is 9.26 Å². The monoisotopic (exact) mass is 390 g/mol. The van der Waals surface area contributed by atoms with Crippen LogP contribution >= 0.6 is 0 Å². The Kier molecular flexibility index (Phi) is 5.68. The van der Waals surface area contributed by atoms with E-state index in [1.807, 2.05) is 30.3 Å². The topological polar surface area (TPSA) is 91.3 Å². The molecule has 0 spiro atoms. The van der Waals surface area contributed by atoms with Gasteiger partial charge in [-0.15, -0.1) is 0 Å². The molecule has 1 aliphatic heterocycles. The maximum Gasteiger partial charge on any atom is 0.241 e. The van der Waals surface area contributed by atoms with Crippen molar-refractivity contribution in [1.29, 1.82) is 5.26 Å². The fourth-order valence-electron chi connectivity index (χ4n) is 3.44. The van der Waals surface area contributed by atoms with E-state index in [0.29, 0.717) is 23.8 Å². The Labute approximate surface area is 169 Å². The largest absolute Gasteiger partial charge is 0.497 e. The lowest BCUT2D eigenvalue weighted by atomic mass is 10.2. The number of benzene rings is 1. The summed E-state index contributed by atoms with van der Waals surface area (Å²) in [5, 5.41) is 13.4. The van der Waals surface area contributed by atoms with Crippen molar-refractivity contribution in [2.75, 3.05) is 38.2 Å². The zero-order valence-electron chi connectivity index (χ0n) is 16.3. The van der Waals surface area contributed by atoms with E-state index in [0.717, 1.165) is 49.7 Å². The maximum absolute atomic E-state index is 9.33. The molecule has 8 heteroatoms. The number of hydrogen-bond acceptors (Lipinski definition) is 8. The first-order valence-corrected chi connectivity index (χ1v) is 9.56. The molecule has 3 heterocycles. The van der Waals surface area contributed by atoms with Gasteiger partial charge in [0, 0.05) is 37.9 Å². The van der Waals surface area contributed by atoms with Gasteiger partial charge in [-0.05, 0) is 42.8 Å². The molecule has 1 aromatic carbocycles. The summed E-state index contributed by atoms with van der Waals surface area (Å²) in [5.74, 6) is 2.72. The average molecular weight is 390 g/mol. The molecule has 0 unspecified atom stereocenters. The van der Waals surface area contributed by atoms with Crippen LogP contribution in [0.15, 0.2) is 47.1 Å². The summed E-state index contributed by atoms with van der Waals surface area (Å²) in [6, 6.07) is 13.4. The summed E-state index contributed by atoms with van der Waals surface area (Å²) in [4.78, 5) is 13.4. The second-order valence-corrected chi connectivity index (χ2v) is 6.84. The lowest BCUT2D eigenvalue weighted by Gasteiger charge is -2.22. The van der Waals surface area contributed by atoms with Crippen LogP contribution < -0.4 is 9.64 Å². The highest BCUT2D eigenvalue weighted by Gasteiger charge is 2.20. The van der Waals surface area contributed by atoms with Gasteiger partial charge in [0.1, 0.15) is 17.6 Å². The first-order valence-electron chi connectivity index (χ1n) is 9.56. The maximum atomic E-state index is 9.33. The van der Waals surface area contributed by atoms with Gasteiger partial charge >= 0.3 is 0 Å². The molecule has 3 aromatic rings. The SMILES string of the molecule is COc1ccc(-c2noc(CN3CCCN(c4ncccc4C#N)CC3)n2)cc1. The van der Waals surface area contributed by atoms with Crippen molar-refractivity contribution < 1.29 is 9.26 Å². The molecule has 148 valence electrons. The molecule has 4 rings (SSSR count). The van der Waals surface area contributed by atoms with Crippen LogP contribution in [0.25, 0.3) is 11.4 Å². The molecule has 2 aromatic heterocycles. The van der Waals surface area contributed by atoms with E-state index in [1.54, 1.807) is 19.4 Å². The molecular weight excluding hydrogens is 368 g/mol. The van der Waals surface area contributed by atoms with Crippen molar-refractivity contribution in [1.82, 2.24) is 20.0 Å². The smallest absolute Gasteiger partial charge is 0.241 e. The van der Waals surface area contributed by atoms with Crippen LogP contribution in [0.4, 0.5) is 5.82 Å². The van der Waals surface area contributed by atoms with E-state index < -0.39 is 0 Å². The lowest BCUT2D eigenvalue weighted by molar-refractivity contribution is 0.239. The first-order chi connectivity index (χ1) is 14.3. The summed E-state index contributed by atoms with van der Waals surface area (Å²) in [6.07, 6.45) is 2.71. The molecular formula is C21H22N6O2. The number of methoxy groups -OCH3 is 1. The number of pyridine rings is 1. The highest BCUT2D eigenvalue weighted by molar-refractivity contribution is 5.55. The third-order valence-electron chi connectivity index (χ3n) is 4.97. The zero-order chi connectivity index (χ0) is 20.1. The number of aromatic nitrogens is 3. The van der Waals surface area contributed by atoms with E-state index >= 15 is 0 Å². The van der Waals surface area contributed by atoms with E-state index in [1.165, 1.54) is 0 Å². The average Bonchev–Trinajstić information content (AvgIpc) is 3.11. The minimum absolute atomic E-state index is 0.575. The van der Waals surface area contributed by atoms with Crippen molar-refractivity contribution in [2.45, 2.75) is 13.0 Å². The summed E-state index contributed by atoms with van der Waals surface area (Å²) in [5.41, 5.74) is 1.50. The summed E-state index contributed by atoms with van der Waals surface area (Å²) < 4.78 is 10.6. The molecule has 0 aliphatic carbocycles. The number of hydrogen-bond donors (Lipinski definition) is 0. The minimum Gasteiger partial charge on any atom is -0.497 e. The van der Waals surface area contributed by atoms with Gasteiger partial charge in [0.05, 0.1) is 19.2 Å². The molecule has 8 nitrogen and oxygen atoms in total. The Hall–Kier alpha value is -3.44. The summed E-state index contributed by atoms with van der Waals surface area (Å²) >= 11 is 0. The molecule has 1 saturated heterocycles. The lowest BCUT2D eigenvalue weighted by Crippen LogP contribution is -2.31. The van der Waals surface area contributed by atoms with Crippen LogP contribution in [0.3, 0.4) is 0 Å².